The molecule has 0 amide bonds. The van der Waals surface area contributed by atoms with Gasteiger partial charge < -0.3 is 5.32 Å². The zero-order chi connectivity index (χ0) is 12.1. The fourth-order valence-electron chi connectivity index (χ4n) is 1.77. The summed E-state index contributed by atoms with van der Waals surface area (Å²) < 4.78 is 0. The highest BCUT2D eigenvalue weighted by atomic mass is 16.1. The second-order valence-electron chi connectivity index (χ2n) is 4.59. The Morgan fingerprint density at radius 1 is 0.875 bits per heavy atom. The van der Waals surface area contributed by atoms with Gasteiger partial charge in [0.25, 0.3) is 0 Å². The van der Waals surface area contributed by atoms with Gasteiger partial charge in [0.2, 0.25) is 0 Å². The first-order valence-electron chi connectivity index (χ1n) is 7.03. The highest BCUT2D eigenvalue weighted by Gasteiger charge is 2.00. The van der Waals surface area contributed by atoms with Gasteiger partial charge in [0.1, 0.15) is 5.78 Å². The summed E-state index contributed by atoms with van der Waals surface area (Å²) in [6.45, 7) is 5.89. The molecule has 2 nitrogen and oxygen atoms in total. The van der Waals surface area contributed by atoms with E-state index in [0.717, 1.165) is 25.8 Å². The van der Waals surface area contributed by atoms with Gasteiger partial charge in [-0.15, -0.1) is 0 Å². The van der Waals surface area contributed by atoms with Crippen molar-refractivity contribution < 1.29 is 4.79 Å². The highest BCUT2D eigenvalue weighted by Crippen LogP contribution is 2.08. The maximum atomic E-state index is 11.4. The van der Waals surface area contributed by atoms with Crippen molar-refractivity contribution in [3.05, 3.63) is 0 Å². The van der Waals surface area contributed by atoms with Crippen LogP contribution in [0.5, 0.6) is 0 Å². The van der Waals surface area contributed by atoms with Gasteiger partial charge in [0.15, 0.2) is 0 Å². The van der Waals surface area contributed by atoms with Gasteiger partial charge in [-0.3, -0.25) is 4.79 Å². The van der Waals surface area contributed by atoms with Crippen LogP contribution in [0.25, 0.3) is 0 Å². The summed E-state index contributed by atoms with van der Waals surface area (Å²) in [4.78, 5) is 11.4. The lowest BCUT2D eigenvalue weighted by atomic mass is 10.1. The highest BCUT2D eigenvalue weighted by molar-refractivity contribution is 5.80. The molecule has 0 aliphatic carbocycles. The molecule has 0 radical (unpaired) electrons. The fraction of sp³-hybridized carbons (Fsp3) is 0.929. The van der Waals surface area contributed by atoms with Crippen LogP contribution in [-0.2, 0) is 4.79 Å². The molecule has 0 atom stereocenters. The van der Waals surface area contributed by atoms with E-state index < -0.39 is 0 Å². The lowest BCUT2D eigenvalue weighted by Crippen LogP contribution is -2.23. The minimum absolute atomic E-state index is 0.377. The van der Waals surface area contributed by atoms with Crippen LogP contribution in [0.15, 0.2) is 0 Å². The molecule has 96 valence electrons. The van der Waals surface area contributed by atoms with Gasteiger partial charge in [-0.1, -0.05) is 52.4 Å². The maximum Gasteiger partial charge on any atom is 0.146 e. The van der Waals surface area contributed by atoms with Crippen LogP contribution in [0.1, 0.15) is 71.6 Å². The van der Waals surface area contributed by atoms with Gasteiger partial charge >= 0.3 is 0 Å². The van der Waals surface area contributed by atoms with Crippen molar-refractivity contribution in [2.45, 2.75) is 71.6 Å². The molecule has 0 bridgehead atoms. The third kappa shape index (κ3) is 11.7. The van der Waals surface area contributed by atoms with Crippen LogP contribution < -0.4 is 5.32 Å². The van der Waals surface area contributed by atoms with Crippen LogP contribution in [0, 0.1) is 0 Å². The number of hydrogen-bond donors (Lipinski definition) is 1. The largest absolute Gasteiger partial charge is 0.310 e. The molecule has 0 unspecified atom stereocenters. The van der Waals surface area contributed by atoms with Gasteiger partial charge in [-0.25, -0.2) is 0 Å². The van der Waals surface area contributed by atoms with Crippen LogP contribution >= 0.6 is 0 Å². The molecule has 0 spiro atoms. The first-order chi connectivity index (χ1) is 7.81. The van der Waals surface area contributed by atoms with Crippen LogP contribution in [0.3, 0.4) is 0 Å². The maximum absolute atomic E-state index is 11.4. The van der Waals surface area contributed by atoms with Crippen molar-refractivity contribution in [1.29, 1.82) is 0 Å². The first-order valence-corrected chi connectivity index (χ1v) is 7.03. The standard InChI is InChI=1S/C14H29NO/c1-3-5-6-7-8-9-10-11-14(16)13-15-12-4-2/h15H,3-13H2,1-2H3. The average Bonchev–Trinajstić information content (AvgIpc) is 2.28. The van der Waals surface area contributed by atoms with E-state index in [9.17, 15) is 4.79 Å². The van der Waals surface area contributed by atoms with Crippen molar-refractivity contribution in [3.63, 3.8) is 0 Å². The van der Waals surface area contributed by atoms with Crippen molar-refractivity contribution >= 4 is 5.78 Å². The number of nitrogens with one attached hydrogen (secondary N) is 1. The molecule has 0 rings (SSSR count). The van der Waals surface area contributed by atoms with Crippen LogP contribution in [-0.4, -0.2) is 18.9 Å². The first kappa shape index (κ1) is 15.6. The third-order valence-corrected chi connectivity index (χ3v) is 2.81. The Morgan fingerprint density at radius 2 is 1.50 bits per heavy atom. The molecule has 0 fully saturated rings. The molecule has 0 aromatic carbocycles. The van der Waals surface area contributed by atoms with Crippen LogP contribution in [0.2, 0.25) is 0 Å². The Kier molecular flexibility index (Phi) is 12.4. The monoisotopic (exact) mass is 227 g/mol. The van der Waals surface area contributed by atoms with E-state index in [0.29, 0.717) is 12.3 Å². The molecule has 0 saturated carbocycles. The molecule has 1 N–H and O–H groups in total. The Hall–Kier alpha value is -0.370. The minimum Gasteiger partial charge on any atom is -0.310 e. The number of Topliss-reactive ketones (excluding diaryl/α,β-unsaturated/α-hetero) is 1. The summed E-state index contributed by atoms with van der Waals surface area (Å²) in [5.74, 6) is 0.377. The van der Waals surface area contributed by atoms with Crippen LogP contribution in [0.4, 0.5) is 0 Å². The Morgan fingerprint density at radius 3 is 2.12 bits per heavy atom. The van der Waals surface area contributed by atoms with E-state index in [-0.39, 0.29) is 0 Å². The molecular weight excluding hydrogens is 198 g/mol. The predicted molar refractivity (Wildman–Crippen MR) is 70.8 cm³/mol. The second-order valence-corrected chi connectivity index (χ2v) is 4.59. The molecule has 16 heavy (non-hydrogen) atoms. The smallest absolute Gasteiger partial charge is 0.146 e. The summed E-state index contributed by atoms with van der Waals surface area (Å²) in [6.07, 6.45) is 10.9. The van der Waals surface area contributed by atoms with E-state index in [1.807, 2.05) is 0 Å². The third-order valence-electron chi connectivity index (χ3n) is 2.81. The summed E-state index contributed by atoms with van der Waals surface area (Å²) >= 11 is 0. The van der Waals surface area contributed by atoms with Gasteiger partial charge in [0, 0.05) is 6.42 Å². The normalized spacial score (nSPS) is 10.6. The van der Waals surface area contributed by atoms with E-state index in [4.69, 9.17) is 0 Å². The summed E-state index contributed by atoms with van der Waals surface area (Å²) in [7, 11) is 0. The Labute approximate surface area is 101 Å². The van der Waals surface area contributed by atoms with E-state index in [1.54, 1.807) is 0 Å². The molecule has 0 saturated heterocycles. The number of carbonyl (C=O) groups is 1. The summed E-state index contributed by atoms with van der Waals surface area (Å²) in [5, 5.41) is 3.15. The number of carbonyl (C=O) groups excluding carboxylic acids is 1. The molecule has 0 aromatic heterocycles. The molecule has 2 heteroatoms. The Bertz CT molecular complexity index is 157. The van der Waals surface area contributed by atoms with Gasteiger partial charge in [-0.05, 0) is 19.4 Å². The lowest BCUT2D eigenvalue weighted by molar-refractivity contribution is -0.118. The van der Waals surface area contributed by atoms with Gasteiger partial charge in [-0.2, -0.15) is 0 Å². The zero-order valence-corrected chi connectivity index (χ0v) is 11.2. The zero-order valence-electron chi connectivity index (χ0n) is 11.2. The van der Waals surface area contributed by atoms with Crippen molar-refractivity contribution in [2.75, 3.05) is 13.1 Å². The number of unbranched alkanes of at least 4 members (excludes halogenated alkanes) is 6. The fourth-order valence-corrected chi connectivity index (χ4v) is 1.77. The molecule has 0 aliphatic heterocycles. The quantitative estimate of drug-likeness (QED) is 0.515. The van der Waals surface area contributed by atoms with E-state index in [2.05, 4.69) is 19.2 Å². The number of rotatable bonds is 12. The SMILES string of the molecule is CCCCCCCCCC(=O)CNCCC. The van der Waals surface area contributed by atoms with E-state index >= 15 is 0 Å². The van der Waals surface area contributed by atoms with Crippen molar-refractivity contribution in [1.82, 2.24) is 5.32 Å². The van der Waals surface area contributed by atoms with Crippen molar-refractivity contribution in [3.8, 4) is 0 Å². The minimum atomic E-state index is 0.377. The topological polar surface area (TPSA) is 29.1 Å². The molecule has 0 heterocycles. The molecule has 0 aliphatic rings. The van der Waals surface area contributed by atoms with Gasteiger partial charge in [0.05, 0.1) is 6.54 Å². The number of hydrogen-bond acceptors (Lipinski definition) is 2. The second kappa shape index (κ2) is 12.7. The lowest BCUT2D eigenvalue weighted by Gasteiger charge is -2.03. The number of ketones is 1. The van der Waals surface area contributed by atoms with Crippen molar-refractivity contribution in [2.24, 2.45) is 0 Å². The average molecular weight is 227 g/mol. The summed E-state index contributed by atoms with van der Waals surface area (Å²) in [5.41, 5.74) is 0. The molecule has 0 aromatic rings. The predicted octanol–water partition coefficient (Wildman–Crippen LogP) is 3.70. The Balaban J connectivity index is 3.09. The molecular formula is C14H29NO. The summed E-state index contributed by atoms with van der Waals surface area (Å²) in [6, 6.07) is 0. The van der Waals surface area contributed by atoms with E-state index in [1.165, 1.54) is 38.5 Å².